The highest BCUT2D eigenvalue weighted by Crippen LogP contribution is 2.40. The number of aryl methyl sites for hydroxylation is 1. The molecule has 2 N–H and O–H groups in total. The van der Waals surface area contributed by atoms with Gasteiger partial charge in [-0.2, -0.15) is 0 Å². The predicted octanol–water partition coefficient (Wildman–Crippen LogP) is 0.418. The lowest BCUT2D eigenvalue weighted by molar-refractivity contribution is 0.0737. The van der Waals surface area contributed by atoms with Gasteiger partial charge in [-0.25, -0.2) is 9.78 Å². The molecule has 2 aliphatic rings. The molecule has 1 saturated carbocycles. The first-order chi connectivity index (χ1) is 12.6. The topological polar surface area (TPSA) is 100 Å². The van der Waals surface area contributed by atoms with E-state index in [2.05, 4.69) is 15.3 Å². The van der Waals surface area contributed by atoms with Gasteiger partial charge in [0, 0.05) is 44.3 Å². The summed E-state index contributed by atoms with van der Waals surface area (Å²) >= 11 is 0. The molecule has 2 aromatic rings. The lowest BCUT2D eigenvalue weighted by Crippen LogP contribution is -2.46. The summed E-state index contributed by atoms with van der Waals surface area (Å²) in [7, 11) is 0. The number of fused-ring (bicyclic) bond motifs is 1. The van der Waals surface area contributed by atoms with Crippen molar-refractivity contribution < 1.29 is 4.79 Å². The van der Waals surface area contributed by atoms with Gasteiger partial charge in [0.1, 0.15) is 0 Å². The standard InChI is InChI=1S/C18H23N5O3/c1-2-7-23-15-14(16(24)21-18(23)26)12(10-13(20-15)11-3-4-11)17(25)22-8-5-19-6-9-22/h10-11,19H,2-9H2,1H3,(H,21,24,26). The van der Waals surface area contributed by atoms with E-state index in [1.165, 1.54) is 4.57 Å². The molecule has 1 saturated heterocycles. The summed E-state index contributed by atoms with van der Waals surface area (Å²) in [5, 5.41) is 3.45. The van der Waals surface area contributed by atoms with Crippen LogP contribution in [0, 0.1) is 0 Å². The van der Waals surface area contributed by atoms with Crippen LogP contribution in [-0.2, 0) is 6.54 Å². The Kier molecular flexibility index (Phi) is 4.36. The van der Waals surface area contributed by atoms with Crippen LogP contribution in [0.5, 0.6) is 0 Å². The number of carbonyl (C=O) groups excluding carboxylic acids is 1. The van der Waals surface area contributed by atoms with Crippen molar-refractivity contribution in [2.75, 3.05) is 26.2 Å². The van der Waals surface area contributed by atoms with Gasteiger partial charge in [-0.15, -0.1) is 0 Å². The second-order valence-corrected chi connectivity index (χ2v) is 7.02. The van der Waals surface area contributed by atoms with Gasteiger partial charge in [0.25, 0.3) is 11.5 Å². The average molecular weight is 357 g/mol. The monoisotopic (exact) mass is 357 g/mol. The number of H-pyrrole nitrogens is 1. The zero-order chi connectivity index (χ0) is 18.3. The molecule has 3 heterocycles. The molecular weight excluding hydrogens is 334 g/mol. The summed E-state index contributed by atoms with van der Waals surface area (Å²) in [6, 6.07) is 1.76. The molecule has 1 aliphatic carbocycles. The van der Waals surface area contributed by atoms with Crippen molar-refractivity contribution >= 4 is 16.9 Å². The highest BCUT2D eigenvalue weighted by atomic mass is 16.2. The van der Waals surface area contributed by atoms with Gasteiger partial charge in [-0.3, -0.25) is 19.1 Å². The number of pyridine rings is 1. The van der Waals surface area contributed by atoms with Gasteiger partial charge < -0.3 is 10.2 Å². The van der Waals surface area contributed by atoms with E-state index in [0.29, 0.717) is 36.8 Å². The molecule has 4 rings (SSSR count). The van der Waals surface area contributed by atoms with Crippen LogP contribution in [0.2, 0.25) is 0 Å². The number of nitrogens with zero attached hydrogens (tertiary/aromatic N) is 3. The first kappa shape index (κ1) is 17.0. The predicted molar refractivity (Wildman–Crippen MR) is 97.7 cm³/mol. The van der Waals surface area contributed by atoms with Gasteiger partial charge in [-0.05, 0) is 25.3 Å². The van der Waals surface area contributed by atoms with E-state index in [-0.39, 0.29) is 11.3 Å². The van der Waals surface area contributed by atoms with Crippen LogP contribution in [0.1, 0.15) is 48.2 Å². The molecule has 0 bridgehead atoms. The molecule has 1 amide bonds. The highest BCUT2D eigenvalue weighted by Gasteiger charge is 2.30. The van der Waals surface area contributed by atoms with E-state index in [0.717, 1.165) is 38.0 Å². The van der Waals surface area contributed by atoms with E-state index >= 15 is 0 Å². The number of nitrogens with one attached hydrogen (secondary N) is 2. The Bertz CT molecular complexity index is 967. The van der Waals surface area contributed by atoms with Crippen LogP contribution >= 0.6 is 0 Å². The quantitative estimate of drug-likeness (QED) is 0.826. The Labute approximate surface area is 150 Å². The zero-order valence-corrected chi connectivity index (χ0v) is 14.9. The third-order valence-corrected chi connectivity index (χ3v) is 5.05. The van der Waals surface area contributed by atoms with Crippen molar-refractivity contribution in [2.24, 2.45) is 0 Å². The van der Waals surface area contributed by atoms with Crippen LogP contribution in [0.3, 0.4) is 0 Å². The fourth-order valence-corrected chi connectivity index (χ4v) is 3.52. The minimum Gasteiger partial charge on any atom is -0.336 e. The minimum atomic E-state index is -0.536. The largest absolute Gasteiger partial charge is 0.336 e. The molecular formula is C18H23N5O3. The summed E-state index contributed by atoms with van der Waals surface area (Å²) in [6.45, 7) is 5.10. The van der Waals surface area contributed by atoms with Crippen molar-refractivity contribution in [3.8, 4) is 0 Å². The number of carbonyl (C=O) groups is 1. The molecule has 8 nitrogen and oxygen atoms in total. The molecule has 2 fully saturated rings. The number of amides is 1. The van der Waals surface area contributed by atoms with Gasteiger partial charge in [-0.1, -0.05) is 6.92 Å². The minimum absolute atomic E-state index is 0.159. The second kappa shape index (κ2) is 6.68. The third-order valence-electron chi connectivity index (χ3n) is 5.05. The molecule has 0 radical (unpaired) electrons. The number of aromatic nitrogens is 3. The maximum absolute atomic E-state index is 13.1. The zero-order valence-electron chi connectivity index (χ0n) is 14.9. The smallest absolute Gasteiger partial charge is 0.329 e. The van der Waals surface area contributed by atoms with Gasteiger partial charge in [0.05, 0.1) is 10.9 Å². The number of rotatable bonds is 4. The molecule has 26 heavy (non-hydrogen) atoms. The number of aromatic amines is 1. The Morgan fingerprint density at radius 2 is 2.00 bits per heavy atom. The van der Waals surface area contributed by atoms with E-state index in [4.69, 9.17) is 0 Å². The van der Waals surface area contributed by atoms with Crippen molar-refractivity contribution in [3.63, 3.8) is 0 Å². The Morgan fingerprint density at radius 1 is 1.27 bits per heavy atom. The second-order valence-electron chi connectivity index (χ2n) is 7.02. The summed E-state index contributed by atoms with van der Waals surface area (Å²) in [6.07, 6.45) is 2.79. The van der Waals surface area contributed by atoms with E-state index in [1.54, 1.807) is 11.0 Å². The Balaban J connectivity index is 1.95. The van der Waals surface area contributed by atoms with E-state index < -0.39 is 11.2 Å². The average Bonchev–Trinajstić information content (AvgIpc) is 3.49. The fourth-order valence-electron chi connectivity index (χ4n) is 3.52. The van der Waals surface area contributed by atoms with Crippen LogP contribution in [0.25, 0.3) is 11.0 Å². The van der Waals surface area contributed by atoms with Crippen LogP contribution in [0.4, 0.5) is 0 Å². The maximum Gasteiger partial charge on any atom is 0.329 e. The van der Waals surface area contributed by atoms with Gasteiger partial charge >= 0.3 is 5.69 Å². The number of hydrogen-bond donors (Lipinski definition) is 2. The molecule has 0 spiro atoms. The lowest BCUT2D eigenvalue weighted by atomic mass is 10.1. The number of hydrogen-bond acceptors (Lipinski definition) is 5. The van der Waals surface area contributed by atoms with Gasteiger partial charge in [0.15, 0.2) is 5.65 Å². The Morgan fingerprint density at radius 3 is 2.65 bits per heavy atom. The van der Waals surface area contributed by atoms with Crippen LogP contribution in [-0.4, -0.2) is 51.5 Å². The molecule has 0 atom stereocenters. The Hall–Kier alpha value is -2.48. The molecule has 0 unspecified atom stereocenters. The summed E-state index contributed by atoms with van der Waals surface area (Å²) in [4.78, 5) is 46.7. The summed E-state index contributed by atoms with van der Waals surface area (Å²) in [5.41, 5.74) is 0.510. The molecule has 138 valence electrons. The SMILES string of the molecule is CCCn1c(=O)[nH]c(=O)c2c(C(=O)N3CCNCC3)cc(C3CC3)nc21. The van der Waals surface area contributed by atoms with Crippen molar-refractivity contribution in [1.82, 2.24) is 24.8 Å². The lowest BCUT2D eigenvalue weighted by Gasteiger charge is -2.28. The van der Waals surface area contributed by atoms with Crippen LogP contribution < -0.4 is 16.6 Å². The normalized spacial score (nSPS) is 17.7. The highest BCUT2D eigenvalue weighted by molar-refractivity contribution is 6.05. The summed E-state index contributed by atoms with van der Waals surface area (Å²) in [5.74, 6) is 0.159. The molecule has 0 aromatic carbocycles. The first-order valence-electron chi connectivity index (χ1n) is 9.28. The van der Waals surface area contributed by atoms with Crippen LogP contribution in [0.15, 0.2) is 15.7 Å². The molecule has 8 heteroatoms. The van der Waals surface area contributed by atoms with Crippen molar-refractivity contribution in [2.45, 2.75) is 38.6 Å². The van der Waals surface area contributed by atoms with Crippen molar-refractivity contribution in [1.29, 1.82) is 0 Å². The number of piperazine rings is 1. The fraction of sp³-hybridized carbons (Fsp3) is 0.556. The van der Waals surface area contributed by atoms with E-state index in [1.807, 2.05) is 6.92 Å². The summed E-state index contributed by atoms with van der Waals surface area (Å²) < 4.78 is 1.48. The van der Waals surface area contributed by atoms with E-state index in [9.17, 15) is 14.4 Å². The molecule has 2 aromatic heterocycles. The van der Waals surface area contributed by atoms with Gasteiger partial charge in [0.2, 0.25) is 0 Å². The van der Waals surface area contributed by atoms with Crippen molar-refractivity contribution in [3.05, 3.63) is 38.2 Å². The third kappa shape index (κ3) is 2.94. The molecule has 1 aliphatic heterocycles. The first-order valence-corrected chi connectivity index (χ1v) is 9.28. The maximum atomic E-state index is 13.1.